The maximum absolute atomic E-state index is 12.7. The van der Waals surface area contributed by atoms with Crippen LogP contribution in [0.2, 0.25) is 0 Å². The second kappa shape index (κ2) is 11.3. The largest absolute Gasteiger partial charge is 0.462 e. The van der Waals surface area contributed by atoms with Crippen LogP contribution in [0.25, 0.3) is 5.57 Å². The van der Waals surface area contributed by atoms with E-state index in [1.165, 1.54) is 4.90 Å². The van der Waals surface area contributed by atoms with Crippen LogP contribution in [0.1, 0.15) is 28.4 Å². The number of nitrogens with zero attached hydrogens (tertiary/aromatic N) is 1. The predicted molar refractivity (Wildman–Crippen MR) is 124 cm³/mol. The number of carbonyl (C=O) groups excluding carboxylic acids is 1. The van der Waals surface area contributed by atoms with E-state index in [0.29, 0.717) is 12.2 Å². The molecule has 10 heteroatoms. The van der Waals surface area contributed by atoms with Crippen molar-refractivity contribution >= 4 is 17.2 Å². The second-order valence-electron chi connectivity index (χ2n) is 8.60. The zero-order chi connectivity index (χ0) is 26.6. The molecule has 2 aliphatic rings. The van der Waals surface area contributed by atoms with Crippen molar-refractivity contribution in [2.24, 2.45) is 0 Å². The average molecular weight is 517 g/mol. The summed E-state index contributed by atoms with van der Waals surface area (Å²) in [5.41, 5.74) is 5.41. The molecule has 1 N–H and O–H groups in total. The number of anilines is 1. The molecule has 1 unspecified atom stereocenters. The first-order chi connectivity index (χ1) is 16.9. The SMILES string of the molecule is CCOC(=O)c1ccccc1C1=C2C=CC([NH+](C)C)C=C2Oc2cc(N(C)C)ccc21.[O-][Cl+3]([O-])([O-])[O-]. The fraction of sp³-hybridized carbons (Fsp3) is 0.269. The van der Waals surface area contributed by atoms with Gasteiger partial charge in [-0.2, -0.15) is 0 Å². The molecule has 0 aromatic heterocycles. The van der Waals surface area contributed by atoms with Gasteiger partial charge in [0.1, 0.15) is 17.6 Å². The molecule has 192 valence electrons. The Labute approximate surface area is 212 Å². The van der Waals surface area contributed by atoms with Gasteiger partial charge < -0.3 is 19.3 Å². The fourth-order valence-electron chi connectivity index (χ4n) is 3.97. The van der Waals surface area contributed by atoms with E-state index in [-0.39, 0.29) is 12.0 Å². The van der Waals surface area contributed by atoms with Gasteiger partial charge in [-0.15, -0.1) is 10.2 Å². The summed E-state index contributed by atoms with van der Waals surface area (Å²) >= 11 is 0. The van der Waals surface area contributed by atoms with E-state index in [0.717, 1.165) is 39.5 Å². The molecule has 0 amide bonds. The summed E-state index contributed by atoms with van der Waals surface area (Å²) in [5, 5.41) is 0. The normalized spacial score (nSPS) is 16.3. The molecular formula is C26H29ClN2O7. The third-order valence-corrected chi connectivity index (χ3v) is 5.67. The van der Waals surface area contributed by atoms with Crippen LogP contribution >= 0.6 is 0 Å². The minimum atomic E-state index is -4.94. The molecule has 0 bridgehead atoms. The molecule has 1 heterocycles. The van der Waals surface area contributed by atoms with Crippen molar-refractivity contribution in [2.45, 2.75) is 13.0 Å². The van der Waals surface area contributed by atoms with Crippen LogP contribution in [0.15, 0.2) is 72.0 Å². The van der Waals surface area contributed by atoms with Gasteiger partial charge in [0.2, 0.25) is 0 Å². The van der Waals surface area contributed by atoms with Gasteiger partial charge in [0, 0.05) is 48.6 Å². The number of fused-ring (bicyclic) bond motifs is 2. The summed E-state index contributed by atoms with van der Waals surface area (Å²) in [6, 6.07) is 14.1. The third kappa shape index (κ3) is 6.52. The topological polar surface area (TPSA) is 135 Å². The molecule has 0 spiro atoms. The molecular weight excluding hydrogens is 488 g/mol. The Kier molecular flexibility index (Phi) is 8.57. The Bertz CT molecular complexity index is 1210. The van der Waals surface area contributed by atoms with Crippen LogP contribution in [-0.2, 0) is 4.74 Å². The number of quaternary nitrogens is 1. The summed E-state index contributed by atoms with van der Waals surface area (Å²) in [6.07, 6.45) is 6.46. The van der Waals surface area contributed by atoms with Crippen molar-refractivity contribution < 1.29 is 48.0 Å². The number of allylic oxidation sites excluding steroid dienone is 1. The predicted octanol–water partition coefficient (Wildman–Crippen LogP) is -1.67. The average Bonchev–Trinajstić information content (AvgIpc) is 2.80. The number of hydrogen-bond donors (Lipinski definition) is 1. The smallest absolute Gasteiger partial charge is 0.338 e. The molecule has 2 aromatic rings. The van der Waals surface area contributed by atoms with E-state index in [1.807, 2.05) is 45.3 Å². The van der Waals surface area contributed by atoms with Crippen LogP contribution in [0.4, 0.5) is 5.69 Å². The van der Waals surface area contributed by atoms with Gasteiger partial charge >= 0.3 is 5.97 Å². The maximum Gasteiger partial charge on any atom is 0.338 e. The second-order valence-corrected chi connectivity index (χ2v) is 9.36. The fourth-order valence-corrected chi connectivity index (χ4v) is 3.97. The van der Waals surface area contributed by atoms with Gasteiger partial charge in [0.25, 0.3) is 0 Å². The zero-order valence-corrected chi connectivity index (χ0v) is 21.5. The zero-order valence-electron chi connectivity index (χ0n) is 20.7. The quantitative estimate of drug-likeness (QED) is 0.466. The number of likely N-dealkylation sites (N-methyl/N-ethyl adjacent to an activating group) is 1. The van der Waals surface area contributed by atoms with Gasteiger partial charge in [-0.05, 0) is 42.8 Å². The number of nitrogens with one attached hydrogen (secondary N) is 1. The van der Waals surface area contributed by atoms with Crippen molar-refractivity contribution in [1.82, 2.24) is 0 Å². The number of benzene rings is 2. The lowest BCUT2D eigenvalue weighted by atomic mass is 9.85. The van der Waals surface area contributed by atoms with E-state index in [1.54, 1.807) is 0 Å². The summed E-state index contributed by atoms with van der Waals surface area (Å²) in [7, 11) is 3.32. The van der Waals surface area contributed by atoms with Crippen LogP contribution in [-0.4, -0.2) is 46.8 Å². The highest BCUT2D eigenvalue weighted by atomic mass is 35.7. The number of carbonyl (C=O) groups is 1. The summed E-state index contributed by atoms with van der Waals surface area (Å²) < 4.78 is 45.7. The van der Waals surface area contributed by atoms with Crippen molar-refractivity contribution in [3.63, 3.8) is 0 Å². The standard InChI is InChI=1S/C26H28N2O3.ClHO4/c1-6-30-26(29)20-10-8-7-9-19(20)25-21-13-11-17(27(2)3)15-23(21)31-24-16-18(28(4)5)12-14-22(24)25;2-1(3,4)5/h7-17H,6H2,1-5H3;(H,2,3,4,5). The monoisotopic (exact) mass is 516 g/mol. The van der Waals surface area contributed by atoms with Gasteiger partial charge in [0.15, 0.2) is 0 Å². The number of ether oxygens (including phenoxy) is 2. The number of halogens is 1. The van der Waals surface area contributed by atoms with Crippen molar-refractivity contribution in [3.05, 3.63) is 88.7 Å². The molecule has 9 nitrogen and oxygen atoms in total. The highest BCUT2D eigenvalue weighted by molar-refractivity contribution is 6.01. The van der Waals surface area contributed by atoms with Crippen LogP contribution in [0.5, 0.6) is 5.75 Å². The minimum absolute atomic E-state index is 0.221. The van der Waals surface area contributed by atoms with Gasteiger partial charge in [0.05, 0.1) is 26.3 Å². The summed E-state index contributed by atoms with van der Waals surface area (Å²) in [4.78, 5) is 16.1. The molecule has 0 saturated carbocycles. The lowest BCUT2D eigenvalue weighted by Crippen LogP contribution is -3.09. The molecule has 0 saturated heterocycles. The van der Waals surface area contributed by atoms with Crippen LogP contribution < -0.4 is 33.2 Å². The highest BCUT2D eigenvalue weighted by Crippen LogP contribution is 2.45. The Morgan fingerprint density at radius 2 is 1.75 bits per heavy atom. The van der Waals surface area contributed by atoms with E-state index < -0.39 is 10.2 Å². The molecule has 0 radical (unpaired) electrons. The Morgan fingerprint density at radius 3 is 2.36 bits per heavy atom. The number of esters is 1. The Morgan fingerprint density at radius 1 is 1.08 bits per heavy atom. The first-order valence-corrected chi connectivity index (χ1v) is 12.5. The molecule has 0 fully saturated rings. The third-order valence-electron chi connectivity index (χ3n) is 5.67. The van der Waals surface area contributed by atoms with Crippen LogP contribution in [0.3, 0.4) is 0 Å². The molecule has 4 rings (SSSR count). The number of hydrogen-bond acceptors (Lipinski definition) is 8. The minimum Gasteiger partial charge on any atom is -0.462 e. The first-order valence-electron chi connectivity index (χ1n) is 11.2. The van der Waals surface area contributed by atoms with Gasteiger partial charge in [-0.1, -0.05) is 18.2 Å². The lowest BCUT2D eigenvalue weighted by molar-refractivity contribution is -2.00. The Hall–Kier alpha value is -3.18. The maximum atomic E-state index is 12.7. The lowest BCUT2D eigenvalue weighted by Gasteiger charge is -2.30. The van der Waals surface area contributed by atoms with E-state index in [2.05, 4.69) is 55.4 Å². The van der Waals surface area contributed by atoms with E-state index in [4.69, 9.17) is 28.1 Å². The van der Waals surface area contributed by atoms with Crippen molar-refractivity contribution in [3.8, 4) is 5.75 Å². The highest BCUT2D eigenvalue weighted by Gasteiger charge is 2.30. The van der Waals surface area contributed by atoms with Crippen molar-refractivity contribution in [1.29, 1.82) is 0 Å². The Balaban J connectivity index is 0.000000658. The van der Waals surface area contributed by atoms with Crippen molar-refractivity contribution in [2.75, 3.05) is 39.7 Å². The van der Waals surface area contributed by atoms with Gasteiger partial charge in [-0.3, -0.25) is 0 Å². The first kappa shape index (κ1) is 27.4. The molecule has 1 aliphatic carbocycles. The number of rotatable bonds is 5. The summed E-state index contributed by atoms with van der Waals surface area (Å²) in [5.74, 6) is 1.30. The molecule has 36 heavy (non-hydrogen) atoms. The summed E-state index contributed by atoms with van der Waals surface area (Å²) in [6.45, 7) is 2.16. The molecule has 1 aliphatic heterocycles. The van der Waals surface area contributed by atoms with Gasteiger partial charge in [-0.25, -0.2) is 23.4 Å². The molecule has 1 atom stereocenters. The van der Waals surface area contributed by atoms with Crippen LogP contribution in [0, 0.1) is 10.2 Å². The van der Waals surface area contributed by atoms with E-state index in [9.17, 15) is 4.79 Å². The molecule has 2 aromatic carbocycles. The van der Waals surface area contributed by atoms with E-state index >= 15 is 0 Å².